The van der Waals surface area contributed by atoms with Crippen LogP contribution in [0.3, 0.4) is 0 Å². The summed E-state index contributed by atoms with van der Waals surface area (Å²) in [7, 11) is -18.1. The summed E-state index contributed by atoms with van der Waals surface area (Å²) >= 11 is 0. The van der Waals surface area contributed by atoms with E-state index in [-0.39, 0.29) is 28.7 Å². The van der Waals surface area contributed by atoms with Gasteiger partial charge in [0.25, 0.3) is 0 Å². The first kappa shape index (κ1) is 37.2. The molecule has 0 N–H and O–H groups in total. The van der Waals surface area contributed by atoms with E-state index in [0.717, 1.165) is 48.5 Å². The van der Waals surface area contributed by atoms with E-state index in [4.69, 9.17) is 11.8 Å². The van der Waals surface area contributed by atoms with Gasteiger partial charge in [-0.05, 0) is 84.9 Å². The summed E-state index contributed by atoms with van der Waals surface area (Å²) in [5, 5.41) is 5.80. The molecule has 0 radical (unpaired) electrons. The van der Waals surface area contributed by atoms with Crippen LogP contribution in [0.15, 0.2) is 97.1 Å². The number of nitrogens with zero attached hydrogens (tertiary/aromatic N) is 2. The molecule has 4 aromatic rings. The molecule has 48 heavy (non-hydrogen) atoms. The lowest BCUT2D eigenvalue weighted by Crippen LogP contribution is -2.24. The molecule has 0 saturated carbocycles. The maximum Gasteiger partial charge on any atom is 0.327 e. The van der Waals surface area contributed by atoms with Gasteiger partial charge in [0, 0.05) is 0 Å². The molecule has 4 aromatic carbocycles. The smallest absolute Gasteiger partial charge is 0.327 e. The average Bonchev–Trinajstić information content (AvgIpc) is 2.99. The third-order valence-electron chi connectivity index (χ3n) is 5.05. The van der Waals surface area contributed by atoms with Crippen molar-refractivity contribution in [2.24, 2.45) is 0 Å². The van der Waals surface area contributed by atoms with Crippen LogP contribution >= 0.6 is 0 Å². The van der Waals surface area contributed by atoms with Gasteiger partial charge in [-0.1, -0.05) is 12.1 Å². The number of nitriles is 1. The van der Waals surface area contributed by atoms with Crippen molar-refractivity contribution in [3.05, 3.63) is 126 Å². The zero-order valence-corrected chi connectivity index (χ0v) is 27.1. The fourth-order valence-corrected chi connectivity index (χ4v) is 8.39. The van der Waals surface area contributed by atoms with Gasteiger partial charge in [0.05, 0.1) is 18.2 Å². The van der Waals surface area contributed by atoms with Gasteiger partial charge in [0.15, 0.2) is 5.69 Å². The minimum absolute atomic E-state index is 0.124. The molecule has 252 valence electrons. The summed E-state index contributed by atoms with van der Waals surface area (Å²) in [6.07, 6.45) is 0. The molecule has 0 atom stereocenters. The lowest BCUT2D eigenvalue weighted by atomic mass is 10.2. The van der Waals surface area contributed by atoms with E-state index < -0.39 is 62.3 Å². The molecule has 0 saturated heterocycles. The minimum Gasteiger partial charge on any atom is -0.382 e. The Morgan fingerprint density at radius 2 is 0.792 bits per heavy atom. The molecular weight excluding hydrogens is 723 g/mol. The molecule has 0 fully saturated rings. The average molecular weight is 743 g/mol. The van der Waals surface area contributed by atoms with E-state index in [9.17, 15) is 42.5 Å². The van der Waals surface area contributed by atoms with Gasteiger partial charge in [-0.15, -0.1) is 0 Å². The van der Waals surface area contributed by atoms with Crippen LogP contribution in [0.4, 0.5) is 14.5 Å². The molecule has 0 spiro atoms. The summed E-state index contributed by atoms with van der Waals surface area (Å²) in [5.74, 6) is -1.97. The third-order valence-corrected chi connectivity index (χ3v) is 11.5. The Morgan fingerprint density at radius 1 is 0.521 bits per heavy atom. The van der Waals surface area contributed by atoms with Crippen molar-refractivity contribution in [2.75, 3.05) is 10.2 Å². The van der Waals surface area contributed by atoms with Crippen molar-refractivity contribution < 1.29 is 59.2 Å². The van der Waals surface area contributed by atoms with Crippen LogP contribution in [0, 0.1) is 29.5 Å². The fourth-order valence-electron chi connectivity index (χ4n) is 3.18. The summed E-state index contributed by atoms with van der Waals surface area (Å²) in [5.41, 5.74) is 0.574. The van der Waals surface area contributed by atoms with E-state index >= 15 is 0 Å². The van der Waals surface area contributed by atoms with Crippen molar-refractivity contribution in [2.45, 2.75) is 0 Å². The predicted molar refractivity (Wildman–Crippen MR) is 165 cm³/mol. The van der Waals surface area contributed by atoms with E-state index in [1.807, 2.05) is 6.07 Å². The lowest BCUT2D eigenvalue weighted by molar-refractivity contribution is 0.470. The highest BCUT2D eigenvalue weighted by molar-refractivity contribution is 8.04. The second-order valence-corrected chi connectivity index (χ2v) is 16.0. The monoisotopic (exact) mass is 742 g/mol. The molecule has 4 rings (SSSR count). The van der Waals surface area contributed by atoms with Gasteiger partial charge in [-0.2, -0.15) is 38.9 Å². The van der Waals surface area contributed by atoms with E-state index in [2.05, 4.69) is 21.6 Å². The highest BCUT2D eigenvalue weighted by Crippen LogP contribution is 2.21. The molecule has 0 aliphatic carbocycles. The third kappa shape index (κ3) is 12.8. The van der Waals surface area contributed by atoms with Crippen LogP contribution in [0.1, 0.15) is 5.56 Å². The summed E-state index contributed by atoms with van der Waals surface area (Å²) in [6, 6.07) is 20.0. The molecule has 20 heteroatoms. The number of halogens is 2. The molecule has 0 bridgehead atoms. The Bertz CT molecular complexity index is 2090. The normalized spacial score (nSPS) is 11.5. The Balaban J connectivity index is 0.000000261. The van der Waals surface area contributed by atoms with Crippen molar-refractivity contribution in [3.8, 4) is 29.1 Å². The van der Waals surface area contributed by atoms with E-state index in [1.54, 1.807) is 0 Å². The van der Waals surface area contributed by atoms with E-state index in [0.29, 0.717) is 5.56 Å². The van der Waals surface area contributed by atoms with Gasteiger partial charge in [0.1, 0.15) is 34.6 Å². The second-order valence-electron chi connectivity index (χ2n) is 8.95. The van der Waals surface area contributed by atoms with Crippen molar-refractivity contribution >= 4 is 46.2 Å². The molecule has 0 unspecified atom stereocenters. The molecule has 0 heterocycles. The Labute approximate surface area is 274 Å². The summed E-state index contributed by atoms with van der Waals surface area (Å²) in [4.78, 5) is 3.14. The summed E-state index contributed by atoms with van der Waals surface area (Å²) in [6.45, 7) is 6.80. The Hall–Kier alpha value is -5.28. The molecular formula is C28H20F2N2O12S4. The van der Waals surface area contributed by atoms with Crippen LogP contribution in [0.25, 0.3) is 4.85 Å². The number of hydrogen-bond donors (Lipinski definition) is 0. The van der Waals surface area contributed by atoms with Gasteiger partial charge in [-0.3, -0.25) is 0 Å². The van der Waals surface area contributed by atoms with Gasteiger partial charge in [0.2, 0.25) is 10.2 Å². The molecule has 0 aliphatic rings. The first-order valence-electron chi connectivity index (χ1n) is 12.6. The zero-order valence-electron chi connectivity index (χ0n) is 23.8. The quantitative estimate of drug-likeness (QED) is 0.148. The standard InChI is InChI=1S/C15H10N2O6S2.C13H10F2O6S2/c1-17-13-4-8-15(9-5-13)23-25(20,21)11-24(18,19)22-14-6-2-12(10-16)3-7-14;14-10-1-5-12(6-2-10)20-22(16,17)9-23(18,19)21-13-7-3-11(15)4-8-13/h2-9H,11H2;1-8H,9H2. The highest BCUT2D eigenvalue weighted by Gasteiger charge is 2.27. The number of benzene rings is 4. The highest BCUT2D eigenvalue weighted by atomic mass is 32.3. The summed E-state index contributed by atoms with van der Waals surface area (Å²) < 4.78 is 138. The second kappa shape index (κ2) is 15.5. The predicted octanol–water partition coefficient (Wildman–Crippen LogP) is 4.22. The first-order valence-corrected chi connectivity index (χ1v) is 18.9. The molecule has 0 aliphatic heterocycles. The molecule has 14 nitrogen and oxygen atoms in total. The number of hydrogen-bond acceptors (Lipinski definition) is 13. The zero-order chi connectivity index (χ0) is 35.6. The maximum absolute atomic E-state index is 12.7. The Morgan fingerprint density at radius 3 is 1.06 bits per heavy atom. The largest absolute Gasteiger partial charge is 0.382 e. The SMILES string of the molecule is O=S(=O)(CS(=O)(=O)Oc1ccc(F)cc1)Oc1ccc(F)cc1.[C-]#[N+]c1ccc(OS(=O)(=O)CS(=O)(=O)Oc2ccc(C#N)cc2)cc1. The van der Waals surface area contributed by atoms with Gasteiger partial charge >= 0.3 is 40.5 Å². The van der Waals surface area contributed by atoms with Gasteiger partial charge < -0.3 is 16.7 Å². The fraction of sp³-hybridized carbons (Fsp3) is 0.0714. The van der Waals surface area contributed by atoms with Crippen molar-refractivity contribution in [1.82, 2.24) is 0 Å². The van der Waals surface area contributed by atoms with Gasteiger partial charge in [-0.25, -0.2) is 13.6 Å². The first-order chi connectivity index (χ1) is 22.4. The lowest BCUT2D eigenvalue weighted by Gasteiger charge is -2.09. The molecule has 0 amide bonds. The van der Waals surface area contributed by atoms with Crippen LogP contribution in [0.5, 0.6) is 23.0 Å². The molecule has 0 aromatic heterocycles. The van der Waals surface area contributed by atoms with Crippen LogP contribution in [0.2, 0.25) is 0 Å². The minimum atomic E-state index is -4.54. The van der Waals surface area contributed by atoms with E-state index in [1.165, 1.54) is 48.5 Å². The van der Waals surface area contributed by atoms with Crippen molar-refractivity contribution in [1.29, 1.82) is 5.26 Å². The van der Waals surface area contributed by atoms with Crippen LogP contribution in [-0.2, 0) is 40.5 Å². The van der Waals surface area contributed by atoms with Crippen LogP contribution < -0.4 is 16.7 Å². The maximum atomic E-state index is 12.7. The topological polar surface area (TPSA) is 202 Å². The van der Waals surface area contributed by atoms with Crippen molar-refractivity contribution in [3.63, 3.8) is 0 Å². The van der Waals surface area contributed by atoms with Crippen LogP contribution in [-0.4, -0.2) is 43.8 Å². The Kier molecular flexibility index (Phi) is 12.0. The number of rotatable bonds is 12.